The van der Waals surface area contributed by atoms with Crippen LogP contribution >= 0.6 is 27.3 Å². The van der Waals surface area contributed by atoms with Crippen LogP contribution in [0.25, 0.3) is 0 Å². The lowest BCUT2D eigenvalue weighted by Gasteiger charge is -2.06. The predicted octanol–water partition coefficient (Wildman–Crippen LogP) is 3.20. The number of anilines is 1. The topological polar surface area (TPSA) is 71.1 Å². The molecule has 2 N–H and O–H groups in total. The number of nitrogens with one attached hydrogen (secondary N) is 2. The standard InChI is InChI=1S/C13H16BrN3O2S2/c1-9(2)16-8-10-7-11(13(14)20-10)21(18,19)17-12-5-3-4-6-15-12/h3-7,9,16H,8H2,1-2H3,(H,15,17). The normalized spacial score (nSPS) is 11.8. The molecule has 2 heterocycles. The first-order valence-corrected chi connectivity index (χ1v) is 9.43. The fraction of sp³-hybridized carbons (Fsp3) is 0.308. The summed E-state index contributed by atoms with van der Waals surface area (Å²) in [5.41, 5.74) is 0. The lowest BCUT2D eigenvalue weighted by atomic mass is 10.4. The fourth-order valence-electron chi connectivity index (χ4n) is 1.59. The van der Waals surface area contributed by atoms with Crippen LogP contribution in [0, 0.1) is 0 Å². The van der Waals surface area contributed by atoms with Crippen LogP contribution in [0.4, 0.5) is 5.82 Å². The number of rotatable bonds is 6. The van der Waals surface area contributed by atoms with E-state index >= 15 is 0 Å². The predicted molar refractivity (Wildman–Crippen MR) is 89.0 cm³/mol. The molecule has 0 aliphatic heterocycles. The Morgan fingerprint density at radius 3 is 2.76 bits per heavy atom. The van der Waals surface area contributed by atoms with Crippen LogP contribution in [0.1, 0.15) is 18.7 Å². The van der Waals surface area contributed by atoms with Crippen molar-refractivity contribution in [1.29, 1.82) is 0 Å². The highest BCUT2D eigenvalue weighted by atomic mass is 79.9. The fourth-order valence-corrected chi connectivity index (χ4v) is 5.23. The van der Waals surface area contributed by atoms with E-state index in [1.165, 1.54) is 11.3 Å². The van der Waals surface area contributed by atoms with Gasteiger partial charge in [0.25, 0.3) is 10.0 Å². The van der Waals surface area contributed by atoms with Gasteiger partial charge in [0.05, 0.1) is 3.79 Å². The Morgan fingerprint density at radius 2 is 2.14 bits per heavy atom. The summed E-state index contributed by atoms with van der Waals surface area (Å²) < 4.78 is 27.8. The molecule has 0 atom stereocenters. The van der Waals surface area contributed by atoms with Gasteiger partial charge in [-0.1, -0.05) is 19.9 Å². The molecule has 5 nitrogen and oxygen atoms in total. The highest BCUT2D eigenvalue weighted by molar-refractivity contribution is 9.11. The van der Waals surface area contributed by atoms with Crippen LogP contribution in [0.5, 0.6) is 0 Å². The number of hydrogen-bond donors (Lipinski definition) is 2. The van der Waals surface area contributed by atoms with Gasteiger partial charge in [-0.05, 0) is 34.1 Å². The monoisotopic (exact) mass is 389 g/mol. The van der Waals surface area contributed by atoms with Crippen LogP contribution in [0.2, 0.25) is 0 Å². The second-order valence-electron chi connectivity index (χ2n) is 4.71. The third-order valence-corrected chi connectivity index (χ3v) is 6.19. The molecule has 2 aromatic rings. The number of halogens is 1. The molecule has 8 heteroatoms. The smallest absolute Gasteiger partial charge is 0.265 e. The quantitative estimate of drug-likeness (QED) is 0.795. The molecular weight excluding hydrogens is 374 g/mol. The molecule has 2 aromatic heterocycles. The Labute approximate surface area is 137 Å². The summed E-state index contributed by atoms with van der Waals surface area (Å²) in [6.45, 7) is 4.73. The minimum atomic E-state index is -3.64. The highest BCUT2D eigenvalue weighted by Crippen LogP contribution is 2.32. The van der Waals surface area contributed by atoms with Crippen molar-refractivity contribution in [3.63, 3.8) is 0 Å². The number of aromatic nitrogens is 1. The van der Waals surface area contributed by atoms with Gasteiger partial charge >= 0.3 is 0 Å². The minimum absolute atomic E-state index is 0.235. The van der Waals surface area contributed by atoms with Gasteiger partial charge in [0, 0.05) is 23.7 Å². The van der Waals surface area contributed by atoms with E-state index in [2.05, 4.69) is 31.0 Å². The molecule has 0 saturated carbocycles. The van der Waals surface area contributed by atoms with E-state index in [1.807, 2.05) is 13.8 Å². The zero-order chi connectivity index (χ0) is 15.5. The number of thiophene rings is 1. The molecule has 0 radical (unpaired) electrons. The van der Waals surface area contributed by atoms with E-state index in [4.69, 9.17) is 0 Å². The maximum Gasteiger partial charge on any atom is 0.265 e. The summed E-state index contributed by atoms with van der Waals surface area (Å²) in [6.07, 6.45) is 1.54. The van der Waals surface area contributed by atoms with Crippen molar-refractivity contribution in [3.05, 3.63) is 39.1 Å². The molecule has 0 bridgehead atoms. The molecule has 0 unspecified atom stereocenters. The van der Waals surface area contributed by atoms with E-state index in [0.717, 1.165) is 4.88 Å². The number of sulfonamides is 1. The van der Waals surface area contributed by atoms with Gasteiger partial charge in [-0.2, -0.15) is 0 Å². The van der Waals surface area contributed by atoms with Gasteiger partial charge in [-0.15, -0.1) is 11.3 Å². The number of pyridine rings is 1. The van der Waals surface area contributed by atoms with Gasteiger partial charge < -0.3 is 5.32 Å². The third-order valence-electron chi connectivity index (χ3n) is 2.58. The van der Waals surface area contributed by atoms with Crippen molar-refractivity contribution in [2.45, 2.75) is 31.3 Å². The van der Waals surface area contributed by atoms with Crippen LogP contribution in [0.15, 0.2) is 39.1 Å². The zero-order valence-corrected chi connectivity index (χ0v) is 14.8. The molecule has 0 aliphatic rings. The Morgan fingerprint density at radius 1 is 1.38 bits per heavy atom. The molecule has 0 aliphatic carbocycles. The van der Waals surface area contributed by atoms with Crippen molar-refractivity contribution in [2.75, 3.05) is 4.72 Å². The zero-order valence-electron chi connectivity index (χ0n) is 11.6. The van der Waals surface area contributed by atoms with Crippen molar-refractivity contribution in [1.82, 2.24) is 10.3 Å². The summed E-state index contributed by atoms with van der Waals surface area (Å²) in [5, 5.41) is 3.27. The summed E-state index contributed by atoms with van der Waals surface area (Å²) in [6, 6.07) is 7.09. The maximum atomic E-state index is 12.4. The number of hydrogen-bond acceptors (Lipinski definition) is 5. The SMILES string of the molecule is CC(C)NCc1cc(S(=O)(=O)Nc2ccccn2)c(Br)s1. The van der Waals surface area contributed by atoms with Crippen molar-refractivity contribution in [3.8, 4) is 0 Å². The van der Waals surface area contributed by atoms with Gasteiger partial charge in [0.2, 0.25) is 0 Å². The molecule has 0 spiro atoms. The number of nitrogens with zero attached hydrogens (tertiary/aromatic N) is 1. The largest absolute Gasteiger partial charge is 0.310 e. The summed E-state index contributed by atoms with van der Waals surface area (Å²) >= 11 is 4.73. The second kappa shape index (κ2) is 6.87. The van der Waals surface area contributed by atoms with Crippen molar-refractivity contribution in [2.24, 2.45) is 0 Å². The van der Waals surface area contributed by atoms with Gasteiger partial charge in [0.15, 0.2) is 0 Å². The van der Waals surface area contributed by atoms with Crippen LogP contribution < -0.4 is 10.0 Å². The first-order chi connectivity index (χ1) is 9.88. The molecule has 0 saturated heterocycles. The minimum Gasteiger partial charge on any atom is -0.310 e. The first-order valence-electron chi connectivity index (χ1n) is 6.34. The average molecular weight is 390 g/mol. The third kappa shape index (κ3) is 4.50. The molecule has 2 rings (SSSR count). The lowest BCUT2D eigenvalue weighted by Crippen LogP contribution is -2.21. The summed E-state index contributed by atoms with van der Waals surface area (Å²) in [4.78, 5) is 5.16. The molecular formula is C13H16BrN3O2S2. The van der Waals surface area contributed by atoms with Crippen molar-refractivity contribution >= 4 is 43.1 Å². The average Bonchev–Trinajstić information content (AvgIpc) is 2.79. The molecule has 21 heavy (non-hydrogen) atoms. The maximum absolute atomic E-state index is 12.4. The van der Waals surface area contributed by atoms with Gasteiger partial charge in [-0.3, -0.25) is 4.72 Å². The van der Waals surface area contributed by atoms with Gasteiger partial charge in [0.1, 0.15) is 10.7 Å². The summed E-state index contributed by atoms with van der Waals surface area (Å²) in [5.74, 6) is 0.303. The summed E-state index contributed by atoms with van der Waals surface area (Å²) in [7, 11) is -3.64. The van der Waals surface area contributed by atoms with E-state index < -0.39 is 10.0 Å². The Balaban J connectivity index is 2.20. The van der Waals surface area contributed by atoms with E-state index in [0.29, 0.717) is 22.2 Å². The van der Waals surface area contributed by atoms with Crippen molar-refractivity contribution < 1.29 is 8.42 Å². The van der Waals surface area contributed by atoms with E-state index in [1.54, 1.807) is 30.5 Å². The van der Waals surface area contributed by atoms with E-state index in [-0.39, 0.29) is 4.90 Å². The molecule has 0 amide bonds. The molecule has 0 fully saturated rings. The highest BCUT2D eigenvalue weighted by Gasteiger charge is 2.21. The molecule has 0 aromatic carbocycles. The van der Waals surface area contributed by atoms with Gasteiger partial charge in [-0.25, -0.2) is 13.4 Å². The molecule has 114 valence electrons. The lowest BCUT2D eigenvalue weighted by molar-refractivity contribution is 0.592. The first kappa shape index (κ1) is 16.4. The van der Waals surface area contributed by atoms with Crippen LogP contribution in [-0.4, -0.2) is 19.4 Å². The van der Waals surface area contributed by atoms with Crippen LogP contribution in [0.3, 0.4) is 0 Å². The van der Waals surface area contributed by atoms with E-state index in [9.17, 15) is 8.42 Å². The Hall–Kier alpha value is -0.960. The Bertz CT molecular complexity index is 699. The Kier molecular flexibility index (Phi) is 5.37. The second-order valence-corrected chi connectivity index (χ2v) is 8.81. The van der Waals surface area contributed by atoms with Crippen LogP contribution in [-0.2, 0) is 16.6 Å².